The number of nitrogens with zero attached hydrogens (tertiary/aromatic N) is 1. The Balaban J connectivity index is 2.69. The molecule has 1 rings (SSSR count). The van der Waals surface area contributed by atoms with Gasteiger partial charge in [0, 0.05) is 18.2 Å². The molecule has 7 nitrogen and oxygen atoms in total. The summed E-state index contributed by atoms with van der Waals surface area (Å²) in [5.41, 5.74) is 0.715. The summed E-state index contributed by atoms with van der Waals surface area (Å²) >= 11 is 0. The van der Waals surface area contributed by atoms with E-state index in [2.05, 4.69) is 15.6 Å². The molecule has 0 aromatic carbocycles. The van der Waals surface area contributed by atoms with Crippen molar-refractivity contribution in [3.8, 4) is 5.88 Å². The average Bonchev–Trinajstić information content (AvgIpc) is 2.36. The van der Waals surface area contributed by atoms with Crippen LogP contribution in [0, 0.1) is 6.92 Å². The van der Waals surface area contributed by atoms with E-state index in [4.69, 9.17) is 9.84 Å². The third-order valence-electron chi connectivity index (χ3n) is 2.85. The van der Waals surface area contributed by atoms with E-state index in [1.54, 1.807) is 26.1 Å². The van der Waals surface area contributed by atoms with E-state index in [9.17, 15) is 9.59 Å². The van der Waals surface area contributed by atoms with E-state index in [0.29, 0.717) is 18.0 Å². The number of rotatable bonds is 6. The molecule has 1 aromatic heterocycles. The topological polar surface area (TPSA) is 101 Å². The first-order chi connectivity index (χ1) is 9.73. The van der Waals surface area contributed by atoms with Crippen molar-refractivity contribution in [1.82, 2.24) is 10.3 Å². The average molecular weight is 295 g/mol. The molecule has 21 heavy (non-hydrogen) atoms. The Morgan fingerprint density at radius 1 is 1.43 bits per heavy atom. The number of carbonyl (C=O) groups excluding carboxylic acids is 1. The van der Waals surface area contributed by atoms with E-state index in [0.717, 1.165) is 5.56 Å². The number of anilines is 1. The zero-order valence-corrected chi connectivity index (χ0v) is 12.7. The van der Waals surface area contributed by atoms with E-state index < -0.39 is 17.5 Å². The fraction of sp³-hybridized carbons (Fsp3) is 0.500. The van der Waals surface area contributed by atoms with E-state index in [1.165, 1.54) is 7.11 Å². The smallest absolute Gasteiger partial charge is 0.319 e. The highest BCUT2D eigenvalue weighted by Gasteiger charge is 2.22. The molecule has 7 heteroatoms. The molecule has 0 unspecified atom stereocenters. The van der Waals surface area contributed by atoms with Gasteiger partial charge in [0.2, 0.25) is 5.88 Å². The van der Waals surface area contributed by atoms with Gasteiger partial charge in [-0.05, 0) is 38.8 Å². The van der Waals surface area contributed by atoms with Crippen LogP contribution in [0.25, 0.3) is 0 Å². The number of nitrogens with one attached hydrogen (secondary N) is 2. The number of carboxylic acid groups (broad SMARTS) is 1. The molecule has 0 spiro atoms. The van der Waals surface area contributed by atoms with Gasteiger partial charge in [0.1, 0.15) is 5.69 Å². The van der Waals surface area contributed by atoms with Gasteiger partial charge < -0.3 is 20.5 Å². The molecular formula is C14H21N3O4. The summed E-state index contributed by atoms with van der Waals surface area (Å²) in [4.78, 5) is 26.7. The first kappa shape index (κ1) is 16.7. The van der Waals surface area contributed by atoms with Crippen molar-refractivity contribution in [3.63, 3.8) is 0 Å². The number of methoxy groups -OCH3 is 1. The third kappa shape index (κ3) is 5.68. The van der Waals surface area contributed by atoms with E-state index >= 15 is 0 Å². The van der Waals surface area contributed by atoms with Crippen LogP contribution >= 0.6 is 0 Å². The second-order valence-corrected chi connectivity index (χ2v) is 5.43. The SMILES string of the molecule is COc1ncc(C)cc1NC(=O)NC(C)(C)CCC(=O)O. The molecule has 3 N–H and O–H groups in total. The number of ether oxygens (including phenoxy) is 1. The molecule has 0 fully saturated rings. The zero-order valence-electron chi connectivity index (χ0n) is 12.7. The summed E-state index contributed by atoms with van der Waals surface area (Å²) in [7, 11) is 1.47. The van der Waals surface area contributed by atoms with Gasteiger partial charge in [-0.3, -0.25) is 4.79 Å². The van der Waals surface area contributed by atoms with Crippen LogP contribution in [-0.4, -0.2) is 34.7 Å². The molecular weight excluding hydrogens is 274 g/mol. The lowest BCUT2D eigenvalue weighted by atomic mass is 9.99. The van der Waals surface area contributed by atoms with Crippen LogP contribution in [0.2, 0.25) is 0 Å². The normalized spacial score (nSPS) is 10.9. The van der Waals surface area contributed by atoms with Crippen LogP contribution in [-0.2, 0) is 4.79 Å². The number of carboxylic acids is 1. The maximum absolute atomic E-state index is 12.0. The maximum Gasteiger partial charge on any atom is 0.319 e. The summed E-state index contributed by atoms with van der Waals surface area (Å²) in [6, 6.07) is 1.31. The van der Waals surface area contributed by atoms with Crippen molar-refractivity contribution in [3.05, 3.63) is 17.8 Å². The van der Waals surface area contributed by atoms with E-state index in [1.807, 2.05) is 6.92 Å². The minimum absolute atomic E-state index is 0.0113. The van der Waals surface area contributed by atoms with Crippen molar-refractivity contribution in [2.24, 2.45) is 0 Å². The van der Waals surface area contributed by atoms with Crippen LogP contribution in [0.1, 0.15) is 32.3 Å². The van der Waals surface area contributed by atoms with Crippen molar-refractivity contribution in [2.45, 2.75) is 39.2 Å². The molecule has 1 heterocycles. The highest BCUT2D eigenvalue weighted by atomic mass is 16.5. The number of aryl methyl sites for hydroxylation is 1. The number of carbonyl (C=O) groups is 2. The number of hydrogen-bond donors (Lipinski definition) is 3. The zero-order chi connectivity index (χ0) is 16.0. The Morgan fingerprint density at radius 2 is 2.10 bits per heavy atom. The van der Waals surface area contributed by atoms with Gasteiger partial charge in [0.25, 0.3) is 0 Å². The van der Waals surface area contributed by atoms with Crippen LogP contribution in [0.4, 0.5) is 10.5 Å². The third-order valence-corrected chi connectivity index (χ3v) is 2.85. The quantitative estimate of drug-likeness (QED) is 0.746. The van der Waals surface area contributed by atoms with Crippen molar-refractivity contribution in [1.29, 1.82) is 0 Å². The molecule has 0 aliphatic rings. The maximum atomic E-state index is 12.0. The monoisotopic (exact) mass is 295 g/mol. The number of urea groups is 1. The van der Waals surface area contributed by atoms with Crippen LogP contribution in [0.15, 0.2) is 12.3 Å². The first-order valence-corrected chi connectivity index (χ1v) is 6.55. The summed E-state index contributed by atoms with van der Waals surface area (Å²) in [5.74, 6) is -0.575. The predicted molar refractivity (Wildman–Crippen MR) is 78.6 cm³/mol. The molecule has 2 amide bonds. The van der Waals surface area contributed by atoms with Crippen molar-refractivity contribution in [2.75, 3.05) is 12.4 Å². The molecule has 0 bridgehead atoms. The summed E-state index contributed by atoms with van der Waals surface area (Å²) in [6.45, 7) is 5.38. The van der Waals surface area contributed by atoms with E-state index in [-0.39, 0.29) is 6.42 Å². The molecule has 0 saturated heterocycles. The fourth-order valence-corrected chi connectivity index (χ4v) is 1.75. The molecule has 0 atom stereocenters. The first-order valence-electron chi connectivity index (χ1n) is 6.55. The lowest BCUT2D eigenvalue weighted by molar-refractivity contribution is -0.137. The molecule has 1 aromatic rings. The number of hydrogen-bond acceptors (Lipinski definition) is 4. The summed E-state index contributed by atoms with van der Waals surface area (Å²) in [5, 5.41) is 14.1. The number of aromatic nitrogens is 1. The lowest BCUT2D eigenvalue weighted by Crippen LogP contribution is -2.45. The Morgan fingerprint density at radius 3 is 2.67 bits per heavy atom. The minimum Gasteiger partial charge on any atom is -0.481 e. The van der Waals surface area contributed by atoms with Crippen LogP contribution < -0.4 is 15.4 Å². The number of amides is 2. The van der Waals surface area contributed by atoms with Gasteiger partial charge in [-0.2, -0.15) is 0 Å². The molecule has 116 valence electrons. The molecule has 0 radical (unpaired) electrons. The Kier molecular flexibility index (Phi) is 5.52. The van der Waals surface area contributed by atoms with Crippen LogP contribution in [0.5, 0.6) is 5.88 Å². The second kappa shape index (κ2) is 6.92. The molecule has 0 aliphatic heterocycles. The standard InChI is InChI=1S/C14H21N3O4/c1-9-7-10(12(21-4)15-8-9)16-13(20)17-14(2,3)6-5-11(18)19/h7-8H,5-6H2,1-4H3,(H,18,19)(H2,16,17,20). The van der Waals surface area contributed by atoms with Crippen molar-refractivity contribution >= 4 is 17.7 Å². The molecule has 0 saturated carbocycles. The number of aliphatic carboxylic acids is 1. The van der Waals surface area contributed by atoms with Gasteiger partial charge in [-0.25, -0.2) is 9.78 Å². The lowest BCUT2D eigenvalue weighted by Gasteiger charge is -2.25. The van der Waals surface area contributed by atoms with Gasteiger partial charge in [-0.1, -0.05) is 0 Å². The minimum atomic E-state index is -0.894. The summed E-state index contributed by atoms with van der Waals surface area (Å²) < 4.78 is 5.08. The van der Waals surface area contributed by atoms with Gasteiger partial charge in [-0.15, -0.1) is 0 Å². The Labute approximate surface area is 123 Å². The molecule has 0 aliphatic carbocycles. The highest BCUT2D eigenvalue weighted by molar-refractivity contribution is 5.91. The predicted octanol–water partition coefficient (Wildman–Crippen LogP) is 2.16. The fourth-order valence-electron chi connectivity index (χ4n) is 1.75. The highest BCUT2D eigenvalue weighted by Crippen LogP contribution is 2.22. The van der Waals surface area contributed by atoms with Gasteiger partial charge >= 0.3 is 12.0 Å². The Bertz CT molecular complexity index is 529. The van der Waals surface area contributed by atoms with Crippen molar-refractivity contribution < 1.29 is 19.4 Å². The summed E-state index contributed by atoms with van der Waals surface area (Å²) in [6.07, 6.45) is 1.96. The largest absolute Gasteiger partial charge is 0.481 e. The van der Waals surface area contributed by atoms with Gasteiger partial charge in [0.05, 0.1) is 7.11 Å². The second-order valence-electron chi connectivity index (χ2n) is 5.43. The van der Waals surface area contributed by atoms with Gasteiger partial charge in [0.15, 0.2) is 0 Å². The number of pyridine rings is 1. The Hall–Kier alpha value is -2.31. The van der Waals surface area contributed by atoms with Crippen LogP contribution in [0.3, 0.4) is 0 Å².